The quantitative estimate of drug-likeness (QED) is 0.0634. The number of amides is 2. The van der Waals surface area contributed by atoms with Crippen LogP contribution in [0, 0.1) is 17.3 Å². The maximum atomic E-state index is 13.8. The minimum absolute atomic E-state index is 0.0155. The highest BCUT2D eigenvalue weighted by molar-refractivity contribution is 6.32. The molecule has 2 heterocycles. The van der Waals surface area contributed by atoms with E-state index in [1.807, 2.05) is 45.0 Å². The van der Waals surface area contributed by atoms with E-state index in [1.54, 1.807) is 38.1 Å². The highest BCUT2D eigenvalue weighted by atomic mass is 35.5. The molecule has 1 fully saturated rings. The molecule has 0 bridgehead atoms. The van der Waals surface area contributed by atoms with E-state index in [-0.39, 0.29) is 56.5 Å². The van der Waals surface area contributed by atoms with Gasteiger partial charge >= 0.3 is 17.9 Å². The number of ether oxygens (including phenoxy) is 8. The number of carboxylic acids is 1. The predicted molar refractivity (Wildman–Crippen MR) is 244 cm³/mol. The van der Waals surface area contributed by atoms with Gasteiger partial charge in [0, 0.05) is 38.4 Å². The number of hydrogen-bond acceptors (Lipinski definition) is 14. The monoisotopic (exact) mass is 945 g/mol. The Morgan fingerprint density at radius 3 is 2.20 bits per heavy atom. The Balaban J connectivity index is 1.31. The van der Waals surface area contributed by atoms with Crippen molar-refractivity contribution < 1.29 is 67.0 Å². The van der Waals surface area contributed by atoms with Gasteiger partial charge in [-0.3, -0.25) is 14.4 Å². The molecule has 2 amide bonds. The number of benzene rings is 2. The van der Waals surface area contributed by atoms with E-state index in [9.17, 15) is 24.0 Å². The third-order valence-corrected chi connectivity index (χ3v) is 11.3. The molecule has 2 aliphatic rings. The van der Waals surface area contributed by atoms with Gasteiger partial charge in [-0.1, -0.05) is 68.8 Å². The predicted octanol–water partition coefficient (Wildman–Crippen LogP) is 4.75. The number of methoxy groups -OCH3 is 1. The summed E-state index contributed by atoms with van der Waals surface area (Å²) in [5.41, 5.74) is 1.49. The third-order valence-electron chi connectivity index (χ3n) is 11.0. The van der Waals surface area contributed by atoms with E-state index < -0.39 is 59.5 Å². The molecule has 1 saturated heterocycles. The molecule has 17 nitrogen and oxygen atoms in total. The number of halogens is 1. The molecule has 2 aliphatic heterocycles. The number of hydrogen-bond donors (Lipinski definition) is 4. The Morgan fingerprint density at radius 2 is 1.56 bits per heavy atom. The van der Waals surface area contributed by atoms with E-state index >= 15 is 0 Å². The van der Waals surface area contributed by atoms with Gasteiger partial charge < -0.3 is 59.0 Å². The fraction of sp³-hybridized carbons (Fsp3) is 0.604. The zero-order valence-electron chi connectivity index (χ0n) is 39.1. The Labute approximate surface area is 392 Å². The Hall–Kier alpha value is -4.62. The third kappa shape index (κ3) is 18.2. The van der Waals surface area contributed by atoms with Gasteiger partial charge in [-0.05, 0) is 68.0 Å². The smallest absolute Gasteiger partial charge is 0.347 e. The second kappa shape index (κ2) is 27.3. The van der Waals surface area contributed by atoms with Gasteiger partial charge in [0.25, 0.3) is 0 Å². The van der Waals surface area contributed by atoms with Gasteiger partial charge in [0.2, 0.25) is 11.8 Å². The fourth-order valence-corrected chi connectivity index (χ4v) is 7.20. The van der Waals surface area contributed by atoms with Crippen LogP contribution >= 0.6 is 11.6 Å². The number of cyclic esters (lactones) is 2. The zero-order valence-corrected chi connectivity index (χ0v) is 39.9. The number of carboxylic acid groups (broad SMARTS) is 1. The molecule has 0 radical (unpaired) electrons. The number of rotatable bonds is 24. The van der Waals surface area contributed by atoms with E-state index in [0.29, 0.717) is 69.1 Å². The number of nitrogens with one attached hydrogen (secondary N) is 3. The summed E-state index contributed by atoms with van der Waals surface area (Å²) < 4.78 is 45.0. The van der Waals surface area contributed by atoms with Crippen molar-refractivity contribution in [1.82, 2.24) is 16.0 Å². The van der Waals surface area contributed by atoms with Crippen molar-refractivity contribution in [3.8, 4) is 5.75 Å². The normalized spacial score (nSPS) is 23.0. The van der Waals surface area contributed by atoms with Crippen LogP contribution in [0.4, 0.5) is 0 Å². The van der Waals surface area contributed by atoms with Crippen molar-refractivity contribution in [3.05, 3.63) is 76.3 Å². The zero-order chi connectivity index (χ0) is 48.2. The van der Waals surface area contributed by atoms with E-state index in [1.165, 1.54) is 20.1 Å². The summed E-state index contributed by atoms with van der Waals surface area (Å²) in [5.74, 6) is -3.30. The van der Waals surface area contributed by atoms with Crippen molar-refractivity contribution in [1.29, 1.82) is 0 Å². The Kier molecular flexibility index (Phi) is 22.3. The van der Waals surface area contributed by atoms with Crippen molar-refractivity contribution in [2.45, 2.75) is 104 Å². The summed E-state index contributed by atoms with van der Waals surface area (Å²) in [4.78, 5) is 65.1. The number of esters is 2. The first-order valence-corrected chi connectivity index (χ1v) is 22.9. The van der Waals surface area contributed by atoms with Crippen LogP contribution in [0.2, 0.25) is 5.02 Å². The first-order chi connectivity index (χ1) is 31.5. The molecule has 1 unspecified atom stereocenters. The van der Waals surface area contributed by atoms with Gasteiger partial charge in [-0.2, -0.15) is 0 Å². The van der Waals surface area contributed by atoms with Crippen molar-refractivity contribution >= 4 is 41.3 Å². The first kappa shape index (κ1) is 54.0. The van der Waals surface area contributed by atoms with Crippen LogP contribution in [-0.2, 0) is 70.1 Å². The van der Waals surface area contributed by atoms with Crippen molar-refractivity contribution in [2.24, 2.45) is 17.3 Å². The molecule has 2 aromatic rings. The first-order valence-electron chi connectivity index (χ1n) is 22.5. The number of carbonyl (C=O) groups excluding carboxylic acids is 4. The summed E-state index contributed by atoms with van der Waals surface area (Å²) in [6.07, 6.45) is 0.0597. The Bertz CT molecular complexity index is 1910. The average molecular weight is 947 g/mol. The number of epoxide rings is 1. The van der Waals surface area contributed by atoms with Crippen LogP contribution in [0.3, 0.4) is 0 Å². The summed E-state index contributed by atoms with van der Waals surface area (Å²) >= 11 is 6.36. The highest BCUT2D eigenvalue weighted by Gasteiger charge is 2.48. The second-order valence-electron chi connectivity index (χ2n) is 17.5. The lowest BCUT2D eigenvalue weighted by atomic mass is 9.92. The lowest BCUT2D eigenvalue weighted by Gasteiger charge is -2.29. The summed E-state index contributed by atoms with van der Waals surface area (Å²) in [7, 11) is 1.50. The molecule has 66 heavy (non-hydrogen) atoms. The van der Waals surface area contributed by atoms with Gasteiger partial charge in [-0.15, -0.1) is 0 Å². The largest absolute Gasteiger partial charge is 0.495 e. The molecule has 0 aliphatic carbocycles. The van der Waals surface area contributed by atoms with Crippen LogP contribution < -0.4 is 20.7 Å². The van der Waals surface area contributed by atoms with E-state index in [0.717, 1.165) is 11.1 Å². The van der Waals surface area contributed by atoms with Crippen LogP contribution in [0.5, 0.6) is 5.75 Å². The highest BCUT2D eigenvalue weighted by Crippen LogP contribution is 2.45. The molecular weight excluding hydrogens is 878 g/mol. The average Bonchev–Trinajstić information content (AvgIpc) is 4.08. The molecule has 0 saturated carbocycles. The summed E-state index contributed by atoms with van der Waals surface area (Å²) in [6.45, 7) is 14.2. The second-order valence-corrected chi connectivity index (χ2v) is 17.9. The van der Waals surface area contributed by atoms with Gasteiger partial charge in [0.1, 0.15) is 24.0 Å². The molecular formula is C48H68ClN3O14. The maximum absolute atomic E-state index is 13.8. The lowest BCUT2D eigenvalue weighted by molar-refractivity contribution is -0.179. The molecule has 0 aromatic heterocycles. The molecule has 2 aromatic carbocycles. The van der Waals surface area contributed by atoms with Gasteiger partial charge in [0.05, 0.1) is 69.9 Å². The molecule has 0 spiro atoms. The van der Waals surface area contributed by atoms with Crippen LogP contribution in [0.25, 0.3) is 0 Å². The van der Waals surface area contributed by atoms with Crippen molar-refractivity contribution in [3.63, 3.8) is 0 Å². The lowest BCUT2D eigenvalue weighted by Crippen LogP contribution is -2.51. The number of aliphatic carboxylic acids is 1. The molecule has 4 rings (SSSR count). The minimum Gasteiger partial charge on any atom is -0.495 e. The molecule has 4 N–H and O–H groups in total. The maximum Gasteiger partial charge on any atom is 0.347 e. The standard InChI is InChI=1S/C48H68ClN3O14/c1-30(2)25-40-46(57)64-38(9-8-10-41(53)52-37(27-34-13-16-39(59-7)36(49)26-34)44(54)51-29-48(5,6)47(58)65-40)31(3)42-43(66-42)35-14-11-33(12-15-35)28-50-17-18-60-19-20-61-21-22-62-23-24-63-32(4)45(55)56/h8,10-16,26,30-32,37-38,40,42-43,50H,9,17-25,27-29H2,1-7H3,(H,51,54)(H,52,53)(H,55,56)/b10-8+/t31-,32?,37+,38-,40-,42+,43+/m0/s1. The molecule has 18 heteroatoms. The summed E-state index contributed by atoms with van der Waals surface area (Å²) in [5, 5.41) is 18.1. The molecule has 7 atom stereocenters. The fourth-order valence-electron chi connectivity index (χ4n) is 6.92. The van der Waals surface area contributed by atoms with Gasteiger partial charge in [0.15, 0.2) is 12.2 Å². The molecule has 366 valence electrons. The summed E-state index contributed by atoms with van der Waals surface area (Å²) in [6, 6.07) is 12.2. The minimum atomic E-state index is -1.24. The van der Waals surface area contributed by atoms with Crippen LogP contribution in [0.1, 0.15) is 77.2 Å². The van der Waals surface area contributed by atoms with E-state index in [2.05, 4.69) is 16.0 Å². The van der Waals surface area contributed by atoms with Crippen LogP contribution in [0.15, 0.2) is 54.6 Å². The Morgan fingerprint density at radius 1 is 0.909 bits per heavy atom. The van der Waals surface area contributed by atoms with Gasteiger partial charge in [-0.25, -0.2) is 9.59 Å². The van der Waals surface area contributed by atoms with Crippen LogP contribution in [-0.4, -0.2) is 132 Å². The SMILES string of the molecule is COc1ccc(C[C@H]2NC(=O)/C=C/C[C@@H]([C@H](C)[C@H]3O[C@@H]3c3ccc(CNCCOCCOCCOCCOC(C)C(=O)O)cc3)OC(=O)[C@H](CC(C)C)OC(=O)C(C)(C)CNC2=O)cc1Cl. The van der Waals surface area contributed by atoms with Crippen molar-refractivity contribution in [2.75, 3.05) is 66.4 Å². The van der Waals surface area contributed by atoms with E-state index in [4.69, 9.17) is 54.6 Å². The topological polar surface area (TPSA) is 219 Å². The number of carbonyl (C=O) groups is 5.